The van der Waals surface area contributed by atoms with Crippen LogP contribution < -0.4 is 9.47 Å². The van der Waals surface area contributed by atoms with E-state index in [0.29, 0.717) is 0 Å². The van der Waals surface area contributed by atoms with Crippen LogP contribution in [0.4, 0.5) is 0 Å². The van der Waals surface area contributed by atoms with E-state index < -0.39 is 0 Å². The fraction of sp³-hybridized carbons (Fsp3) is 0.500. The van der Waals surface area contributed by atoms with Crippen molar-refractivity contribution in [2.75, 3.05) is 7.11 Å². The Morgan fingerprint density at radius 2 is 2.13 bits per heavy atom. The van der Waals surface area contributed by atoms with Crippen LogP contribution in [0.25, 0.3) is 0 Å². The first kappa shape index (κ1) is 12.4. The van der Waals surface area contributed by atoms with Crippen LogP contribution in [0.1, 0.15) is 25.8 Å². The highest BCUT2D eigenvalue weighted by Gasteiger charge is 2.07. The van der Waals surface area contributed by atoms with Crippen molar-refractivity contribution in [3.63, 3.8) is 0 Å². The van der Waals surface area contributed by atoms with Crippen LogP contribution in [-0.4, -0.2) is 13.2 Å². The molecule has 0 bridgehead atoms. The van der Waals surface area contributed by atoms with Crippen LogP contribution in [0.5, 0.6) is 11.5 Å². The van der Waals surface area contributed by atoms with Gasteiger partial charge in [-0.25, -0.2) is 0 Å². The lowest BCUT2D eigenvalue weighted by molar-refractivity contribution is 0.215. The highest BCUT2D eigenvalue weighted by atomic mass is 79.9. The second kappa shape index (κ2) is 6.01. The van der Waals surface area contributed by atoms with Gasteiger partial charge in [0.25, 0.3) is 0 Å². The molecule has 0 saturated heterocycles. The average Bonchev–Trinajstić information content (AvgIpc) is 2.29. The maximum absolute atomic E-state index is 5.80. The van der Waals surface area contributed by atoms with Crippen molar-refractivity contribution in [3.05, 3.63) is 23.8 Å². The summed E-state index contributed by atoms with van der Waals surface area (Å²) in [5, 5.41) is 0.774. The number of hydrogen-bond donors (Lipinski definition) is 0. The molecule has 2 nitrogen and oxygen atoms in total. The third-order valence-electron chi connectivity index (χ3n) is 2.31. The molecular formula is C12H17BrO2. The fourth-order valence-electron chi connectivity index (χ4n) is 1.20. The summed E-state index contributed by atoms with van der Waals surface area (Å²) in [6, 6.07) is 5.87. The summed E-state index contributed by atoms with van der Waals surface area (Å²) in [5.74, 6) is 1.79. The molecule has 1 aromatic carbocycles. The maximum atomic E-state index is 5.80. The summed E-state index contributed by atoms with van der Waals surface area (Å²) in [6.45, 7) is 4.18. The summed E-state index contributed by atoms with van der Waals surface area (Å²) < 4.78 is 11.0. The van der Waals surface area contributed by atoms with Crippen LogP contribution in [0.2, 0.25) is 0 Å². The van der Waals surface area contributed by atoms with Gasteiger partial charge in [0.05, 0.1) is 13.2 Å². The van der Waals surface area contributed by atoms with Gasteiger partial charge < -0.3 is 9.47 Å². The number of halogens is 1. The van der Waals surface area contributed by atoms with Gasteiger partial charge in [0.1, 0.15) is 11.5 Å². The molecule has 0 aliphatic rings. The molecule has 0 aliphatic heterocycles. The van der Waals surface area contributed by atoms with Crippen LogP contribution in [0.3, 0.4) is 0 Å². The van der Waals surface area contributed by atoms with Gasteiger partial charge in [-0.15, -0.1) is 0 Å². The van der Waals surface area contributed by atoms with E-state index in [2.05, 4.69) is 29.8 Å². The highest BCUT2D eigenvalue weighted by Crippen LogP contribution is 2.27. The first-order chi connectivity index (χ1) is 7.21. The largest absolute Gasteiger partial charge is 0.497 e. The van der Waals surface area contributed by atoms with Gasteiger partial charge in [-0.05, 0) is 31.5 Å². The van der Waals surface area contributed by atoms with Crippen molar-refractivity contribution in [1.29, 1.82) is 0 Å². The van der Waals surface area contributed by atoms with Crippen LogP contribution in [0, 0.1) is 0 Å². The number of rotatable bonds is 5. The minimum atomic E-state index is 0.246. The molecule has 0 heterocycles. The first-order valence-corrected chi connectivity index (χ1v) is 6.23. The van der Waals surface area contributed by atoms with E-state index >= 15 is 0 Å². The molecule has 0 aromatic heterocycles. The molecule has 1 rings (SSSR count). The smallest absolute Gasteiger partial charge is 0.124 e. The number of alkyl halides is 1. The van der Waals surface area contributed by atoms with E-state index in [1.165, 1.54) is 0 Å². The molecular weight excluding hydrogens is 256 g/mol. The minimum Gasteiger partial charge on any atom is -0.497 e. The van der Waals surface area contributed by atoms with Crippen molar-refractivity contribution >= 4 is 15.9 Å². The molecule has 0 radical (unpaired) electrons. The normalized spacial score (nSPS) is 12.3. The Kier molecular flexibility index (Phi) is 4.95. The molecule has 0 aliphatic carbocycles. The van der Waals surface area contributed by atoms with Crippen LogP contribution >= 0.6 is 15.9 Å². The van der Waals surface area contributed by atoms with Crippen LogP contribution in [0.15, 0.2) is 18.2 Å². The zero-order valence-corrected chi connectivity index (χ0v) is 11.0. The Hall–Kier alpha value is -0.700. The lowest BCUT2D eigenvalue weighted by atomic mass is 10.2. The molecule has 0 saturated carbocycles. The standard InChI is InChI=1S/C12H17BrO2/c1-4-9(2)15-12-6-5-11(14-3)7-10(12)8-13/h5-7,9H,4,8H2,1-3H3. The third kappa shape index (κ3) is 3.42. The third-order valence-corrected chi connectivity index (χ3v) is 2.92. The van der Waals surface area contributed by atoms with Crippen LogP contribution in [-0.2, 0) is 5.33 Å². The molecule has 1 aromatic rings. The molecule has 1 atom stereocenters. The number of hydrogen-bond acceptors (Lipinski definition) is 2. The quantitative estimate of drug-likeness (QED) is 0.760. The zero-order chi connectivity index (χ0) is 11.3. The topological polar surface area (TPSA) is 18.5 Å². The lowest BCUT2D eigenvalue weighted by Crippen LogP contribution is -2.10. The summed E-state index contributed by atoms with van der Waals surface area (Å²) >= 11 is 3.45. The van der Waals surface area contributed by atoms with Gasteiger partial charge in [0, 0.05) is 10.9 Å². The van der Waals surface area contributed by atoms with Gasteiger partial charge in [-0.2, -0.15) is 0 Å². The molecule has 1 unspecified atom stereocenters. The molecule has 0 N–H and O–H groups in total. The minimum absolute atomic E-state index is 0.246. The molecule has 84 valence electrons. The Bertz CT molecular complexity index is 312. The second-order valence-electron chi connectivity index (χ2n) is 3.44. The van der Waals surface area contributed by atoms with E-state index in [0.717, 1.165) is 28.8 Å². The summed E-state index contributed by atoms with van der Waals surface area (Å²) in [7, 11) is 1.67. The van der Waals surface area contributed by atoms with E-state index in [-0.39, 0.29) is 6.10 Å². The summed E-state index contributed by atoms with van der Waals surface area (Å²) in [6.07, 6.45) is 1.25. The Morgan fingerprint density at radius 3 is 2.67 bits per heavy atom. The highest BCUT2D eigenvalue weighted by molar-refractivity contribution is 9.08. The predicted molar refractivity (Wildman–Crippen MR) is 66.0 cm³/mol. The van der Waals surface area contributed by atoms with Gasteiger partial charge in [0.2, 0.25) is 0 Å². The Labute approximate surface area is 99.7 Å². The van der Waals surface area contributed by atoms with Gasteiger partial charge in [0.15, 0.2) is 0 Å². The van der Waals surface area contributed by atoms with E-state index in [1.54, 1.807) is 7.11 Å². The average molecular weight is 273 g/mol. The second-order valence-corrected chi connectivity index (χ2v) is 4.00. The SMILES string of the molecule is CCC(C)Oc1ccc(OC)cc1CBr. The molecule has 0 amide bonds. The van der Waals surface area contributed by atoms with Gasteiger partial charge in [-0.1, -0.05) is 22.9 Å². The fourth-order valence-corrected chi connectivity index (χ4v) is 1.64. The molecule has 3 heteroatoms. The number of ether oxygens (including phenoxy) is 2. The Balaban J connectivity index is 2.87. The van der Waals surface area contributed by atoms with Gasteiger partial charge in [-0.3, -0.25) is 0 Å². The number of benzene rings is 1. The van der Waals surface area contributed by atoms with Crippen molar-refractivity contribution < 1.29 is 9.47 Å². The first-order valence-electron chi connectivity index (χ1n) is 5.10. The Morgan fingerprint density at radius 1 is 1.40 bits per heavy atom. The molecule has 0 fully saturated rings. The number of methoxy groups -OCH3 is 1. The van der Waals surface area contributed by atoms with E-state index in [4.69, 9.17) is 9.47 Å². The van der Waals surface area contributed by atoms with E-state index in [9.17, 15) is 0 Å². The van der Waals surface area contributed by atoms with Crippen molar-refractivity contribution in [2.24, 2.45) is 0 Å². The monoisotopic (exact) mass is 272 g/mol. The zero-order valence-electron chi connectivity index (χ0n) is 9.42. The summed E-state index contributed by atoms with van der Waals surface area (Å²) in [4.78, 5) is 0. The van der Waals surface area contributed by atoms with Gasteiger partial charge >= 0.3 is 0 Å². The molecule has 15 heavy (non-hydrogen) atoms. The summed E-state index contributed by atoms with van der Waals surface area (Å²) in [5.41, 5.74) is 1.12. The van der Waals surface area contributed by atoms with Crippen molar-refractivity contribution in [1.82, 2.24) is 0 Å². The predicted octanol–water partition coefficient (Wildman–Crippen LogP) is 3.77. The van der Waals surface area contributed by atoms with E-state index in [1.807, 2.05) is 18.2 Å². The van der Waals surface area contributed by atoms with Crippen molar-refractivity contribution in [2.45, 2.75) is 31.7 Å². The lowest BCUT2D eigenvalue weighted by Gasteiger charge is -2.15. The van der Waals surface area contributed by atoms with Crippen molar-refractivity contribution in [3.8, 4) is 11.5 Å². The molecule has 0 spiro atoms. The maximum Gasteiger partial charge on any atom is 0.124 e.